The van der Waals surface area contributed by atoms with Gasteiger partial charge in [0.1, 0.15) is 11.4 Å². The van der Waals surface area contributed by atoms with Crippen molar-refractivity contribution in [1.29, 1.82) is 0 Å². The highest BCUT2D eigenvalue weighted by molar-refractivity contribution is 6.30. The van der Waals surface area contributed by atoms with Crippen molar-refractivity contribution in [3.8, 4) is 5.75 Å². The fourth-order valence-corrected chi connectivity index (χ4v) is 2.43. The summed E-state index contributed by atoms with van der Waals surface area (Å²) in [4.78, 5) is 26.7. The summed E-state index contributed by atoms with van der Waals surface area (Å²) in [6.45, 7) is 0. The molecule has 0 saturated carbocycles. The maximum atomic E-state index is 12.3. The van der Waals surface area contributed by atoms with Gasteiger partial charge in [0.25, 0.3) is 5.69 Å². The number of nitro benzene ring substituents is 1. The van der Waals surface area contributed by atoms with Crippen LogP contribution < -0.4 is 4.74 Å². The minimum Gasteiger partial charge on any atom is -0.506 e. The summed E-state index contributed by atoms with van der Waals surface area (Å²) in [5.41, 5.74) is 1.12. The molecule has 1 aliphatic rings. The third-order valence-corrected chi connectivity index (χ3v) is 3.63. The molecule has 2 aromatic rings. The molecule has 1 aliphatic carbocycles. The Bertz CT molecular complexity index is 915. The molecule has 7 heteroatoms. The number of Topliss-reactive ketones (excluding diaryl/α,β-unsaturated/α-hetero) is 1. The normalized spacial score (nSPS) is 13.5. The summed E-state index contributed by atoms with van der Waals surface area (Å²) in [5.74, 6) is -0.267. The first-order valence-electron chi connectivity index (χ1n) is 6.96. The Morgan fingerprint density at radius 2 is 1.92 bits per heavy atom. The lowest BCUT2D eigenvalue weighted by Gasteiger charge is -2.03. The molecule has 0 radical (unpaired) electrons. The SMILES string of the molecule is COc1cc([N+](=O)[O-])ccc1N=CC1=C(O)c2ccccc2C1=O. The number of ether oxygens (including phenoxy) is 1. The first-order chi connectivity index (χ1) is 11.5. The van der Waals surface area contributed by atoms with Gasteiger partial charge in [-0.05, 0) is 6.07 Å². The zero-order valence-corrected chi connectivity index (χ0v) is 12.6. The number of non-ortho nitro benzene ring substituents is 1. The van der Waals surface area contributed by atoms with Crippen molar-refractivity contribution in [1.82, 2.24) is 0 Å². The van der Waals surface area contributed by atoms with Crippen molar-refractivity contribution in [2.45, 2.75) is 0 Å². The molecule has 0 fully saturated rings. The second kappa shape index (κ2) is 5.96. The van der Waals surface area contributed by atoms with Gasteiger partial charge in [-0.2, -0.15) is 0 Å². The van der Waals surface area contributed by atoms with Crippen LogP contribution in [0, 0.1) is 10.1 Å². The average molecular weight is 324 g/mol. The number of benzene rings is 2. The molecule has 120 valence electrons. The van der Waals surface area contributed by atoms with Crippen LogP contribution in [0.2, 0.25) is 0 Å². The Labute approximate surface area is 136 Å². The van der Waals surface area contributed by atoms with E-state index in [9.17, 15) is 20.0 Å². The molecule has 2 aromatic carbocycles. The van der Waals surface area contributed by atoms with Gasteiger partial charge in [-0.3, -0.25) is 19.9 Å². The van der Waals surface area contributed by atoms with Gasteiger partial charge in [0.2, 0.25) is 0 Å². The van der Waals surface area contributed by atoms with Gasteiger partial charge < -0.3 is 9.84 Å². The number of hydrogen-bond acceptors (Lipinski definition) is 6. The molecular weight excluding hydrogens is 312 g/mol. The number of methoxy groups -OCH3 is 1. The lowest BCUT2D eigenvalue weighted by Crippen LogP contribution is -1.99. The van der Waals surface area contributed by atoms with Crippen molar-refractivity contribution in [2.75, 3.05) is 7.11 Å². The highest BCUT2D eigenvalue weighted by Gasteiger charge is 2.28. The van der Waals surface area contributed by atoms with Crippen LogP contribution >= 0.6 is 0 Å². The molecule has 0 heterocycles. The first-order valence-corrected chi connectivity index (χ1v) is 6.96. The van der Waals surface area contributed by atoms with E-state index >= 15 is 0 Å². The van der Waals surface area contributed by atoms with E-state index in [1.165, 1.54) is 31.5 Å². The van der Waals surface area contributed by atoms with Gasteiger partial charge >= 0.3 is 0 Å². The van der Waals surface area contributed by atoms with E-state index in [0.717, 1.165) is 0 Å². The maximum Gasteiger partial charge on any atom is 0.273 e. The molecule has 0 spiro atoms. The van der Waals surface area contributed by atoms with Crippen LogP contribution in [-0.2, 0) is 0 Å². The minimum absolute atomic E-state index is 0.0663. The lowest BCUT2D eigenvalue weighted by molar-refractivity contribution is -0.384. The molecule has 0 bridgehead atoms. The smallest absolute Gasteiger partial charge is 0.273 e. The quantitative estimate of drug-likeness (QED) is 0.527. The molecule has 0 unspecified atom stereocenters. The van der Waals surface area contributed by atoms with Crippen molar-refractivity contribution in [3.05, 3.63) is 69.3 Å². The predicted octanol–water partition coefficient (Wildman–Crippen LogP) is 3.47. The van der Waals surface area contributed by atoms with E-state index in [0.29, 0.717) is 16.8 Å². The summed E-state index contributed by atoms with van der Waals surface area (Å²) in [6.07, 6.45) is 1.24. The van der Waals surface area contributed by atoms with Gasteiger partial charge in [-0.25, -0.2) is 0 Å². The Kier molecular flexibility index (Phi) is 3.83. The lowest BCUT2D eigenvalue weighted by atomic mass is 10.1. The Hall–Kier alpha value is -3.48. The highest BCUT2D eigenvalue weighted by Crippen LogP contribution is 2.33. The number of rotatable bonds is 4. The van der Waals surface area contributed by atoms with Crippen LogP contribution in [-0.4, -0.2) is 29.1 Å². The number of aliphatic hydroxyl groups excluding tert-OH is 1. The molecule has 24 heavy (non-hydrogen) atoms. The third-order valence-electron chi connectivity index (χ3n) is 3.63. The van der Waals surface area contributed by atoms with Crippen molar-refractivity contribution in [2.24, 2.45) is 4.99 Å². The summed E-state index contributed by atoms with van der Waals surface area (Å²) >= 11 is 0. The van der Waals surface area contributed by atoms with Gasteiger partial charge in [0.05, 0.1) is 23.7 Å². The van der Waals surface area contributed by atoms with E-state index in [1.807, 2.05) is 0 Å². The average Bonchev–Trinajstić information content (AvgIpc) is 2.84. The predicted molar refractivity (Wildman–Crippen MR) is 88.1 cm³/mol. The molecule has 0 aromatic heterocycles. The van der Waals surface area contributed by atoms with Crippen LogP contribution in [0.1, 0.15) is 15.9 Å². The molecule has 1 N–H and O–H groups in total. The van der Waals surface area contributed by atoms with E-state index in [-0.39, 0.29) is 28.6 Å². The summed E-state index contributed by atoms with van der Waals surface area (Å²) < 4.78 is 5.09. The standard InChI is InChI=1S/C17H12N2O5/c1-24-15-8-10(19(22)23)6-7-14(15)18-9-13-16(20)11-4-2-3-5-12(11)17(13)21/h2-9,20H,1H3. The molecule has 0 atom stereocenters. The highest BCUT2D eigenvalue weighted by atomic mass is 16.6. The number of aliphatic hydroxyl groups is 1. The fraction of sp³-hybridized carbons (Fsp3) is 0.0588. The van der Waals surface area contributed by atoms with Crippen molar-refractivity contribution in [3.63, 3.8) is 0 Å². The minimum atomic E-state index is -0.540. The number of ketones is 1. The Morgan fingerprint density at radius 3 is 2.54 bits per heavy atom. The second-order valence-electron chi connectivity index (χ2n) is 5.01. The van der Waals surface area contributed by atoms with Crippen molar-refractivity contribution >= 4 is 29.1 Å². The Balaban J connectivity index is 1.97. The first kappa shape index (κ1) is 15.4. The van der Waals surface area contributed by atoms with E-state index in [2.05, 4.69) is 4.99 Å². The summed E-state index contributed by atoms with van der Waals surface area (Å²) in [6, 6.07) is 10.7. The number of aliphatic imine (C=N–C) groups is 1. The van der Waals surface area contributed by atoms with E-state index in [4.69, 9.17) is 4.74 Å². The van der Waals surface area contributed by atoms with Crippen LogP contribution in [0.25, 0.3) is 5.76 Å². The summed E-state index contributed by atoms with van der Waals surface area (Å²) in [7, 11) is 1.37. The number of allylic oxidation sites excluding steroid dienone is 1. The summed E-state index contributed by atoms with van der Waals surface area (Å²) in [5, 5.41) is 21.0. The molecule has 7 nitrogen and oxygen atoms in total. The van der Waals surface area contributed by atoms with Crippen LogP contribution in [0.3, 0.4) is 0 Å². The van der Waals surface area contributed by atoms with Crippen LogP contribution in [0.15, 0.2) is 53.0 Å². The number of carbonyl (C=O) groups is 1. The Morgan fingerprint density at radius 1 is 1.21 bits per heavy atom. The monoisotopic (exact) mass is 324 g/mol. The number of fused-ring (bicyclic) bond motifs is 1. The number of carbonyl (C=O) groups excluding carboxylic acids is 1. The van der Waals surface area contributed by atoms with Crippen LogP contribution in [0.5, 0.6) is 5.75 Å². The molecule has 0 amide bonds. The number of nitro groups is 1. The second-order valence-corrected chi connectivity index (χ2v) is 5.01. The topological polar surface area (TPSA) is 102 Å². The van der Waals surface area contributed by atoms with E-state index in [1.54, 1.807) is 24.3 Å². The zero-order chi connectivity index (χ0) is 17.3. The maximum absolute atomic E-state index is 12.3. The molecular formula is C17H12N2O5. The largest absolute Gasteiger partial charge is 0.506 e. The third kappa shape index (κ3) is 2.52. The molecule has 0 aliphatic heterocycles. The molecule has 3 rings (SSSR count). The zero-order valence-electron chi connectivity index (χ0n) is 12.6. The van der Waals surface area contributed by atoms with Gasteiger partial charge in [0, 0.05) is 23.4 Å². The van der Waals surface area contributed by atoms with Gasteiger partial charge in [0.15, 0.2) is 11.5 Å². The van der Waals surface area contributed by atoms with E-state index < -0.39 is 4.92 Å². The fourth-order valence-electron chi connectivity index (χ4n) is 2.43. The van der Waals surface area contributed by atoms with Crippen LogP contribution in [0.4, 0.5) is 11.4 Å². The number of hydrogen-bond donors (Lipinski definition) is 1. The number of nitrogens with zero attached hydrogens (tertiary/aromatic N) is 2. The molecule has 0 saturated heterocycles. The van der Waals surface area contributed by atoms with Gasteiger partial charge in [-0.15, -0.1) is 0 Å². The van der Waals surface area contributed by atoms with Crippen molar-refractivity contribution < 1.29 is 19.6 Å². The van der Waals surface area contributed by atoms with Gasteiger partial charge in [-0.1, -0.05) is 24.3 Å².